The van der Waals surface area contributed by atoms with Crippen molar-refractivity contribution in [2.45, 2.75) is 32.7 Å². The van der Waals surface area contributed by atoms with Crippen molar-refractivity contribution in [3.8, 4) is 11.3 Å². The van der Waals surface area contributed by atoms with Crippen LogP contribution in [0, 0.1) is 6.92 Å². The lowest BCUT2D eigenvalue weighted by Crippen LogP contribution is -2.29. The molecule has 6 heteroatoms. The fourth-order valence-corrected chi connectivity index (χ4v) is 4.62. The summed E-state index contributed by atoms with van der Waals surface area (Å²) in [7, 11) is 1.89. The van der Waals surface area contributed by atoms with Crippen molar-refractivity contribution in [3.05, 3.63) is 77.6 Å². The highest BCUT2D eigenvalue weighted by Crippen LogP contribution is 2.27. The molecule has 2 aromatic heterocycles. The number of aryl methyl sites for hydroxylation is 2. The van der Waals surface area contributed by atoms with Crippen molar-refractivity contribution < 1.29 is 4.79 Å². The molecule has 0 spiro atoms. The van der Waals surface area contributed by atoms with Gasteiger partial charge in [-0.2, -0.15) is 5.10 Å². The van der Waals surface area contributed by atoms with E-state index in [1.807, 2.05) is 62.6 Å². The van der Waals surface area contributed by atoms with Gasteiger partial charge in [0.25, 0.3) is 5.91 Å². The van der Waals surface area contributed by atoms with E-state index in [2.05, 4.69) is 27.4 Å². The Morgan fingerprint density at radius 3 is 2.52 bits per heavy atom. The number of hydrogen-bond acceptors (Lipinski definition) is 4. The number of carbonyl (C=O) groups is 1. The molecule has 1 amide bonds. The van der Waals surface area contributed by atoms with Crippen LogP contribution in [0.25, 0.3) is 22.2 Å². The van der Waals surface area contributed by atoms with Crippen LogP contribution in [0.4, 0.5) is 5.69 Å². The van der Waals surface area contributed by atoms with Gasteiger partial charge in [-0.05, 0) is 62.7 Å². The third-order valence-corrected chi connectivity index (χ3v) is 6.32. The lowest BCUT2D eigenvalue weighted by Gasteiger charge is -2.26. The van der Waals surface area contributed by atoms with E-state index in [0.29, 0.717) is 5.56 Å². The number of benzene rings is 2. The maximum atomic E-state index is 13.3. The SMILES string of the molecule is Cc1nn(C)cc1-c1cc(C(=O)Nc2ccc(CN3CCCCC3)cc2)c2ccccc2n1. The maximum Gasteiger partial charge on any atom is 0.256 e. The summed E-state index contributed by atoms with van der Waals surface area (Å²) in [4.78, 5) is 20.6. The van der Waals surface area contributed by atoms with E-state index < -0.39 is 0 Å². The molecule has 3 heterocycles. The summed E-state index contributed by atoms with van der Waals surface area (Å²) >= 11 is 0. The zero-order valence-electron chi connectivity index (χ0n) is 19.2. The Hall–Kier alpha value is -3.51. The summed E-state index contributed by atoms with van der Waals surface area (Å²) in [6.45, 7) is 5.27. The van der Waals surface area contributed by atoms with Crippen LogP contribution in [0.3, 0.4) is 0 Å². The van der Waals surface area contributed by atoms with Crippen molar-refractivity contribution in [3.63, 3.8) is 0 Å². The number of rotatable bonds is 5. The van der Waals surface area contributed by atoms with Gasteiger partial charge in [-0.15, -0.1) is 0 Å². The summed E-state index contributed by atoms with van der Waals surface area (Å²) in [5.41, 5.74) is 6.04. The lowest BCUT2D eigenvalue weighted by molar-refractivity contribution is 0.102. The first-order valence-corrected chi connectivity index (χ1v) is 11.6. The molecule has 1 saturated heterocycles. The van der Waals surface area contributed by atoms with Gasteiger partial charge in [-0.3, -0.25) is 14.4 Å². The quantitative estimate of drug-likeness (QED) is 0.465. The molecule has 6 nitrogen and oxygen atoms in total. The van der Waals surface area contributed by atoms with Gasteiger partial charge in [0.2, 0.25) is 0 Å². The zero-order chi connectivity index (χ0) is 22.8. The normalized spacial score (nSPS) is 14.5. The van der Waals surface area contributed by atoms with E-state index in [4.69, 9.17) is 4.98 Å². The number of likely N-dealkylation sites (tertiary alicyclic amines) is 1. The Balaban J connectivity index is 1.40. The number of piperidine rings is 1. The summed E-state index contributed by atoms with van der Waals surface area (Å²) in [5.74, 6) is -0.139. The number of pyridine rings is 1. The fourth-order valence-electron chi connectivity index (χ4n) is 4.62. The molecule has 0 bridgehead atoms. The summed E-state index contributed by atoms with van der Waals surface area (Å²) in [6, 6.07) is 17.8. The molecular formula is C27H29N5O. The first-order chi connectivity index (χ1) is 16.1. The van der Waals surface area contributed by atoms with Crippen LogP contribution in [0.2, 0.25) is 0 Å². The second-order valence-electron chi connectivity index (χ2n) is 8.86. The largest absolute Gasteiger partial charge is 0.322 e. The molecule has 1 aliphatic rings. The van der Waals surface area contributed by atoms with Crippen LogP contribution in [-0.4, -0.2) is 38.7 Å². The Morgan fingerprint density at radius 1 is 1.03 bits per heavy atom. The third kappa shape index (κ3) is 4.66. The Labute approximate surface area is 194 Å². The van der Waals surface area contributed by atoms with E-state index >= 15 is 0 Å². The molecule has 4 aromatic rings. The van der Waals surface area contributed by atoms with Crippen LogP contribution in [-0.2, 0) is 13.6 Å². The first-order valence-electron chi connectivity index (χ1n) is 11.6. The van der Waals surface area contributed by atoms with Gasteiger partial charge in [0.05, 0.1) is 22.5 Å². The molecule has 1 N–H and O–H groups in total. The second kappa shape index (κ2) is 9.16. The molecular weight excluding hydrogens is 410 g/mol. The highest BCUT2D eigenvalue weighted by atomic mass is 16.1. The van der Waals surface area contributed by atoms with Gasteiger partial charge >= 0.3 is 0 Å². The Bertz CT molecular complexity index is 1290. The van der Waals surface area contributed by atoms with Crippen molar-refractivity contribution in [1.82, 2.24) is 19.7 Å². The van der Waals surface area contributed by atoms with Gasteiger partial charge < -0.3 is 5.32 Å². The summed E-state index contributed by atoms with van der Waals surface area (Å²) < 4.78 is 1.77. The van der Waals surface area contributed by atoms with Crippen molar-refractivity contribution >= 4 is 22.5 Å². The van der Waals surface area contributed by atoms with Crippen molar-refractivity contribution in [2.75, 3.05) is 18.4 Å². The van der Waals surface area contributed by atoms with Crippen LogP contribution in [0.5, 0.6) is 0 Å². The van der Waals surface area contributed by atoms with Gasteiger partial charge in [0.1, 0.15) is 0 Å². The van der Waals surface area contributed by atoms with Gasteiger partial charge in [-0.25, -0.2) is 4.98 Å². The van der Waals surface area contributed by atoms with E-state index in [0.717, 1.165) is 40.1 Å². The molecule has 5 rings (SSSR count). The number of anilines is 1. The number of nitrogens with zero attached hydrogens (tertiary/aromatic N) is 4. The fraction of sp³-hybridized carbons (Fsp3) is 0.296. The average molecular weight is 440 g/mol. The van der Waals surface area contributed by atoms with Gasteiger partial charge in [0.15, 0.2) is 0 Å². The molecule has 0 unspecified atom stereocenters. The molecule has 0 atom stereocenters. The predicted octanol–water partition coefficient (Wildman–Crippen LogP) is 5.18. The third-order valence-electron chi connectivity index (χ3n) is 6.32. The summed E-state index contributed by atoms with van der Waals surface area (Å²) in [6.07, 6.45) is 5.85. The smallest absolute Gasteiger partial charge is 0.256 e. The highest BCUT2D eigenvalue weighted by Gasteiger charge is 2.17. The number of aromatic nitrogens is 3. The van der Waals surface area contributed by atoms with E-state index in [1.165, 1.54) is 37.9 Å². The molecule has 2 aromatic carbocycles. The molecule has 0 aliphatic carbocycles. The van der Waals surface area contributed by atoms with Gasteiger partial charge in [0, 0.05) is 36.4 Å². The van der Waals surface area contributed by atoms with Crippen LogP contribution >= 0.6 is 0 Å². The molecule has 1 fully saturated rings. The topological polar surface area (TPSA) is 63.1 Å². The van der Waals surface area contributed by atoms with Gasteiger partial charge in [-0.1, -0.05) is 36.8 Å². The first kappa shape index (κ1) is 21.3. The second-order valence-corrected chi connectivity index (χ2v) is 8.86. The van der Waals surface area contributed by atoms with Crippen molar-refractivity contribution in [2.24, 2.45) is 7.05 Å². The molecule has 1 aliphatic heterocycles. The van der Waals surface area contributed by atoms with Crippen LogP contribution < -0.4 is 5.32 Å². The molecule has 0 saturated carbocycles. The average Bonchev–Trinajstić information content (AvgIpc) is 3.18. The van der Waals surface area contributed by atoms with Crippen LogP contribution in [0.1, 0.15) is 40.9 Å². The monoisotopic (exact) mass is 439 g/mol. The number of nitrogens with one attached hydrogen (secondary N) is 1. The molecule has 0 radical (unpaired) electrons. The predicted molar refractivity (Wildman–Crippen MR) is 132 cm³/mol. The number of amides is 1. The maximum absolute atomic E-state index is 13.3. The standard InChI is InChI=1S/C27H29N5O/c1-19-24(18-31(2)30-19)26-16-23(22-8-4-5-9-25(22)29-26)27(33)28-21-12-10-20(11-13-21)17-32-14-6-3-7-15-32/h4-5,8-13,16,18H,3,6-7,14-15,17H2,1-2H3,(H,28,33). The van der Waals surface area contributed by atoms with Crippen LogP contribution in [0.15, 0.2) is 60.8 Å². The minimum Gasteiger partial charge on any atom is -0.322 e. The highest BCUT2D eigenvalue weighted by molar-refractivity contribution is 6.13. The van der Waals surface area contributed by atoms with E-state index in [-0.39, 0.29) is 5.91 Å². The Kier molecular flexibility index (Phi) is 5.92. The van der Waals surface area contributed by atoms with E-state index in [9.17, 15) is 4.79 Å². The number of fused-ring (bicyclic) bond motifs is 1. The Morgan fingerprint density at radius 2 is 1.79 bits per heavy atom. The van der Waals surface area contributed by atoms with E-state index in [1.54, 1.807) is 4.68 Å². The summed E-state index contributed by atoms with van der Waals surface area (Å²) in [5, 5.41) is 8.35. The number of carbonyl (C=O) groups excluding carboxylic acids is 1. The molecule has 168 valence electrons. The number of para-hydroxylation sites is 1. The minimum absolute atomic E-state index is 0.139. The lowest BCUT2D eigenvalue weighted by atomic mass is 10.0. The number of hydrogen-bond donors (Lipinski definition) is 1. The zero-order valence-corrected chi connectivity index (χ0v) is 19.2. The van der Waals surface area contributed by atoms with Crippen molar-refractivity contribution in [1.29, 1.82) is 0 Å². The minimum atomic E-state index is -0.139. The molecule has 33 heavy (non-hydrogen) atoms.